The maximum absolute atomic E-state index is 12.8. The van der Waals surface area contributed by atoms with Crippen LogP contribution in [0.3, 0.4) is 0 Å². The standard InChI is InChI=1S/C18H19N3O5S/c22-18(26-14-15-4-2-1-3-5-15)19-27(25)12-10-20(11-13-27)16-6-8-17(9-7-16)21(23)24/h1-9H,10-14H2. The molecule has 0 aliphatic carbocycles. The van der Waals surface area contributed by atoms with Gasteiger partial charge in [-0.15, -0.1) is 4.36 Å². The van der Waals surface area contributed by atoms with Gasteiger partial charge in [0.15, 0.2) is 0 Å². The molecule has 8 nitrogen and oxygen atoms in total. The first-order chi connectivity index (χ1) is 13.0. The van der Waals surface area contributed by atoms with Gasteiger partial charge in [-0.05, 0) is 17.7 Å². The largest absolute Gasteiger partial charge is 0.443 e. The van der Waals surface area contributed by atoms with Gasteiger partial charge < -0.3 is 9.64 Å². The normalized spacial score (nSPS) is 15.8. The summed E-state index contributed by atoms with van der Waals surface area (Å²) in [7, 11) is -2.66. The van der Waals surface area contributed by atoms with E-state index >= 15 is 0 Å². The van der Waals surface area contributed by atoms with Gasteiger partial charge in [-0.1, -0.05) is 30.3 Å². The number of carbonyl (C=O) groups excluding carboxylic acids is 1. The second kappa shape index (κ2) is 8.17. The highest BCUT2D eigenvalue weighted by molar-refractivity contribution is 7.94. The fourth-order valence-corrected chi connectivity index (χ4v) is 4.46. The number of non-ortho nitro benzene ring substituents is 1. The highest BCUT2D eigenvalue weighted by Crippen LogP contribution is 2.21. The highest BCUT2D eigenvalue weighted by atomic mass is 32.2. The van der Waals surface area contributed by atoms with Crippen LogP contribution < -0.4 is 4.90 Å². The minimum atomic E-state index is -2.66. The first-order valence-electron chi connectivity index (χ1n) is 8.38. The molecular formula is C18H19N3O5S. The minimum Gasteiger partial charge on any atom is -0.443 e. The SMILES string of the molecule is O=C(N=S1(=O)CCN(c2ccc([N+](=O)[O-])cc2)CC1)OCc1ccccc1. The summed E-state index contributed by atoms with van der Waals surface area (Å²) in [6.07, 6.45) is -0.812. The van der Waals surface area contributed by atoms with Gasteiger partial charge in [0.2, 0.25) is 0 Å². The van der Waals surface area contributed by atoms with E-state index in [4.69, 9.17) is 4.74 Å². The van der Waals surface area contributed by atoms with Crippen molar-refractivity contribution in [3.8, 4) is 0 Å². The summed E-state index contributed by atoms with van der Waals surface area (Å²) in [6, 6.07) is 15.4. The maximum atomic E-state index is 12.8. The molecule has 0 radical (unpaired) electrons. The molecule has 1 aliphatic heterocycles. The molecule has 0 unspecified atom stereocenters. The molecule has 1 heterocycles. The van der Waals surface area contributed by atoms with Crippen molar-refractivity contribution in [2.24, 2.45) is 4.36 Å². The van der Waals surface area contributed by atoms with E-state index in [9.17, 15) is 19.1 Å². The van der Waals surface area contributed by atoms with E-state index in [0.29, 0.717) is 13.1 Å². The highest BCUT2D eigenvalue weighted by Gasteiger charge is 2.23. The van der Waals surface area contributed by atoms with E-state index in [0.717, 1.165) is 11.3 Å². The Labute approximate surface area is 157 Å². The average Bonchev–Trinajstić information content (AvgIpc) is 2.68. The van der Waals surface area contributed by atoms with Crippen molar-refractivity contribution in [3.63, 3.8) is 0 Å². The van der Waals surface area contributed by atoms with Gasteiger partial charge in [-0.2, -0.15) is 0 Å². The summed E-state index contributed by atoms with van der Waals surface area (Å²) < 4.78 is 21.6. The van der Waals surface area contributed by atoms with Crippen LogP contribution in [-0.2, 0) is 21.1 Å². The topological polar surface area (TPSA) is 102 Å². The molecular weight excluding hydrogens is 370 g/mol. The number of anilines is 1. The predicted molar refractivity (Wildman–Crippen MR) is 102 cm³/mol. The van der Waals surface area contributed by atoms with E-state index < -0.39 is 20.7 Å². The average molecular weight is 389 g/mol. The quantitative estimate of drug-likeness (QED) is 0.588. The van der Waals surface area contributed by atoms with Crippen molar-refractivity contribution in [2.75, 3.05) is 29.5 Å². The molecule has 0 spiro atoms. The smallest absolute Gasteiger partial charge is 0.442 e. The minimum absolute atomic E-state index is 0.0238. The third kappa shape index (κ3) is 5.04. The molecule has 9 heteroatoms. The van der Waals surface area contributed by atoms with E-state index in [2.05, 4.69) is 4.36 Å². The second-order valence-electron chi connectivity index (χ2n) is 6.07. The lowest BCUT2D eigenvalue weighted by Gasteiger charge is -2.30. The summed E-state index contributed by atoms with van der Waals surface area (Å²) in [4.78, 5) is 24.1. The summed E-state index contributed by atoms with van der Waals surface area (Å²) in [6.45, 7) is 0.992. The van der Waals surface area contributed by atoms with Gasteiger partial charge in [0.25, 0.3) is 5.69 Å². The summed E-state index contributed by atoms with van der Waals surface area (Å²) in [5.74, 6) is 0.481. The van der Waals surface area contributed by atoms with Crippen molar-refractivity contribution < 1.29 is 18.7 Å². The number of hydrogen-bond donors (Lipinski definition) is 0. The molecule has 0 aromatic heterocycles. The van der Waals surface area contributed by atoms with Gasteiger partial charge in [-0.25, -0.2) is 9.00 Å². The van der Waals surface area contributed by atoms with Crippen molar-refractivity contribution in [1.29, 1.82) is 0 Å². The zero-order valence-electron chi connectivity index (χ0n) is 14.5. The van der Waals surface area contributed by atoms with Gasteiger partial charge in [0.05, 0.1) is 14.7 Å². The lowest BCUT2D eigenvalue weighted by atomic mass is 10.2. The molecule has 1 aliphatic rings. The Morgan fingerprint density at radius 3 is 2.33 bits per heavy atom. The van der Waals surface area contributed by atoms with Crippen LogP contribution in [0.2, 0.25) is 0 Å². The number of nitro benzene ring substituents is 1. The Hall–Kier alpha value is -2.94. The van der Waals surface area contributed by atoms with Crippen molar-refractivity contribution in [1.82, 2.24) is 0 Å². The number of rotatable bonds is 4. The van der Waals surface area contributed by atoms with E-state index in [1.807, 2.05) is 35.2 Å². The first kappa shape index (κ1) is 18.8. The summed E-state index contributed by atoms with van der Waals surface area (Å²) >= 11 is 0. The van der Waals surface area contributed by atoms with E-state index in [-0.39, 0.29) is 23.8 Å². The second-order valence-corrected chi connectivity index (χ2v) is 8.62. The fraction of sp³-hybridized carbons (Fsp3) is 0.278. The van der Waals surface area contributed by atoms with Crippen LogP contribution in [0.4, 0.5) is 16.2 Å². The number of nitrogens with zero attached hydrogens (tertiary/aromatic N) is 3. The summed E-state index contributed by atoms with van der Waals surface area (Å²) in [5.41, 5.74) is 1.67. The Morgan fingerprint density at radius 2 is 1.74 bits per heavy atom. The summed E-state index contributed by atoms with van der Waals surface area (Å²) in [5, 5.41) is 10.7. The Kier molecular flexibility index (Phi) is 5.70. The number of nitro groups is 1. The van der Waals surface area contributed by atoms with Crippen LogP contribution in [0.15, 0.2) is 59.0 Å². The Morgan fingerprint density at radius 1 is 1.11 bits per heavy atom. The monoisotopic (exact) mass is 389 g/mol. The molecule has 0 atom stereocenters. The molecule has 2 aromatic carbocycles. The van der Waals surface area contributed by atoms with Crippen LogP contribution in [0.1, 0.15) is 5.56 Å². The van der Waals surface area contributed by atoms with Crippen molar-refractivity contribution in [3.05, 3.63) is 70.3 Å². The van der Waals surface area contributed by atoms with Gasteiger partial charge in [0.1, 0.15) is 6.61 Å². The van der Waals surface area contributed by atoms with Crippen molar-refractivity contribution in [2.45, 2.75) is 6.61 Å². The molecule has 1 saturated heterocycles. The molecule has 2 aromatic rings. The third-order valence-electron chi connectivity index (χ3n) is 4.23. The predicted octanol–water partition coefficient (Wildman–Crippen LogP) is 3.22. The molecule has 1 amide bonds. The number of carbonyl (C=O) groups is 1. The number of benzene rings is 2. The molecule has 0 N–H and O–H groups in total. The number of hydrogen-bond acceptors (Lipinski definition) is 6. The number of amides is 1. The van der Waals surface area contributed by atoms with Gasteiger partial charge in [0, 0.05) is 42.4 Å². The number of ether oxygens (including phenoxy) is 1. The van der Waals surface area contributed by atoms with Crippen LogP contribution in [0.25, 0.3) is 0 Å². The molecule has 0 bridgehead atoms. The molecule has 27 heavy (non-hydrogen) atoms. The van der Waals surface area contributed by atoms with Crippen LogP contribution >= 0.6 is 0 Å². The molecule has 1 fully saturated rings. The van der Waals surface area contributed by atoms with Crippen LogP contribution in [-0.4, -0.2) is 39.8 Å². The lowest BCUT2D eigenvalue weighted by molar-refractivity contribution is -0.384. The maximum Gasteiger partial charge on any atom is 0.442 e. The lowest BCUT2D eigenvalue weighted by Crippen LogP contribution is -2.40. The fourth-order valence-electron chi connectivity index (χ4n) is 2.74. The Bertz CT molecular complexity index is 923. The zero-order valence-corrected chi connectivity index (χ0v) is 15.3. The van der Waals surface area contributed by atoms with Crippen LogP contribution in [0.5, 0.6) is 0 Å². The molecule has 142 valence electrons. The van der Waals surface area contributed by atoms with Gasteiger partial charge in [-0.3, -0.25) is 10.1 Å². The van der Waals surface area contributed by atoms with Gasteiger partial charge >= 0.3 is 6.09 Å². The molecule has 3 rings (SSSR count). The molecule has 0 saturated carbocycles. The third-order valence-corrected chi connectivity index (χ3v) is 6.35. The first-order valence-corrected chi connectivity index (χ1v) is 10.2. The van der Waals surface area contributed by atoms with E-state index in [1.165, 1.54) is 12.1 Å². The Balaban J connectivity index is 1.57. The van der Waals surface area contributed by atoms with Crippen molar-refractivity contribution >= 4 is 27.2 Å². The van der Waals surface area contributed by atoms with Crippen LogP contribution in [0, 0.1) is 10.1 Å². The zero-order chi connectivity index (χ0) is 19.3. The van der Waals surface area contributed by atoms with E-state index in [1.54, 1.807) is 12.1 Å².